The maximum absolute atomic E-state index is 14.3. The molecule has 3 aliphatic rings. The van der Waals surface area contributed by atoms with Gasteiger partial charge in [0.1, 0.15) is 36.3 Å². The largest absolute Gasteiger partial charge is 0.508 e. The number of phenols is 1. The molecule has 2 aliphatic heterocycles. The van der Waals surface area contributed by atoms with Gasteiger partial charge in [0.05, 0.1) is 0 Å². The number of aliphatic hydroxyl groups is 1. The third-order valence-electron chi connectivity index (χ3n) is 9.59. The van der Waals surface area contributed by atoms with Crippen LogP contribution in [0.25, 0.3) is 0 Å². The van der Waals surface area contributed by atoms with Crippen molar-refractivity contribution in [2.45, 2.75) is 70.1 Å². The minimum absolute atomic E-state index is 0.0479. The summed E-state index contributed by atoms with van der Waals surface area (Å²) in [5.41, 5.74) is 1.29. The van der Waals surface area contributed by atoms with Crippen LogP contribution in [0.5, 0.6) is 11.5 Å². The van der Waals surface area contributed by atoms with Crippen LogP contribution in [0.2, 0.25) is 5.02 Å². The molecule has 1 aliphatic carbocycles. The number of rotatable bonds is 8. The Morgan fingerprint density at radius 3 is 2.58 bits per heavy atom. The fraction of sp³-hybridized carbons (Fsp3) is 0.471. The van der Waals surface area contributed by atoms with E-state index in [1.165, 1.54) is 50.3 Å². The Labute approximate surface area is 268 Å². The van der Waals surface area contributed by atoms with Crippen LogP contribution in [0.1, 0.15) is 62.2 Å². The maximum atomic E-state index is 14.3. The van der Waals surface area contributed by atoms with E-state index in [1.807, 2.05) is 21.7 Å². The third-order valence-corrected chi connectivity index (χ3v) is 9.84. The van der Waals surface area contributed by atoms with Gasteiger partial charge in [-0.2, -0.15) is 5.10 Å². The number of aromatic hydroxyl groups is 1. The SMILES string of the molecule is O=C(N[C@H](Cc1ccc(Cl)cc1)C(=O)N1CCC(Cn2cncn2)C(C2CCCCC2)CC1)C1=CC(O)c2ccc(O)cc2O1. The summed E-state index contributed by atoms with van der Waals surface area (Å²) in [6.07, 6.45) is 11.8. The number of halogens is 1. The highest BCUT2D eigenvalue weighted by molar-refractivity contribution is 6.30. The number of amides is 2. The van der Waals surface area contributed by atoms with Gasteiger partial charge < -0.3 is 25.2 Å². The standard InChI is InChI=1S/C34H40ClN5O5/c35-25-8-6-22(7-9-25)16-29(38-33(43)32-18-30(42)28-11-10-26(41)17-31(28)45-32)34(44)39-14-12-24(19-40-21-36-20-37-40)27(13-15-39)23-4-2-1-3-5-23/h6-11,17-18,20-21,23-24,27,29-30,41-42H,1-5,12-16,19H2,(H,38,43)/t24?,27?,29-,30?/m1/s1. The van der Waals surface area contributed by atoms with Crippen LogP contribution in [-0.2, 0) is 22.6 Å². The lowest BCUT2D eigenvalue weighted by Gasteiger charge is -2.34. The minimum Gasteiger partial charge on any atom is -0.508 e. The molecule has 0 radical (unpaired) electrons. The number of likely N-dealkylation sites (tertiary alicyclic amines) is 1. The summed E-state index contributed by atoms with van der Waals surface area (Å²) >= 11 is 6.12. The predicted octanol–water partition coefficient (Wildman–Crippen LogP) is 4.81. The van der Waals surface area contributed by atoms with Gasteiger partial charge >= 0.3 is 0 Å². The number of aromatic nitrogens is 3. The average Bonchev–Trinajstić information content (AvgIpc) is 3.47. The van der Waals surface area contributed by atoms with Gasteiger partial charge in [-0.25, -0.2) is 4.98 Å². The number of carbonyl (C=O) groups is 2. The number of hydrogen-bond donors (Lipinski definition) is 3. The van der Waals surface area contributed by atoms with Gasteiger partial charge in [-0.1, -0.05) is 55.8 Å². The van der Waals surface area contributed by atoms with Gasteiger partial charge in [-0.15, -0.1) is 0 Å². The zero-order valence-corrected chi connectivity index (χ0v) is 26.0. The summed E-state index contributed by atoms with van der Waals surface area (Å²) in [5, 5.41) is 28.4. The van der Waals surface area contributed by atoms with E-state index >= 15 is 0 Å². The van der Waals surface area contributed by atoms with Gasteiger partial charge in [0.25, 0.3) is 5.91 Å². The van der Waals surface area contributed by atoms with Crippen molar-refractivity contribution >= 4 is 23.4 Å². The molecule has 2 fully saturated rings. The maximum Gasteiger partial charge on any atom is 0.287 e. The van der Waals surface area contributed by atoms with E-state index in [1.54, 1.807) is 30.9 Å². The topological polar surface area (TPSA) is 130 Å². The van der Waals surface area contributed by atoms with Gasteiger partial charge in [0.15, 0.2) is 5.76 Å². The number of ether oxygens (including phenoxy) is 1. The molecule has 0 bridgehead atoms. The highest BCUT2D eigenvalue weighted by Crippen LogP contribution is 2.40. The smallest absolute Gasteiger partial charge is 0.287 e. The van der Waals surface area contributed by atoms with Crippen molar-refractivity contribution in [2.75, 3.05) is 13.1 Å². The second-order valence-corrected chi connectivity index (χ2v) is 12.9. The van der Waals surface area contributed by atoms with Gasteiger partial charge in [-0.3, -0.25) is 14.3 Å². The molecule has 3 heterocycles. The van der Waals surface area contributed by atoms with Crippen molar-refractivity contribution in [1.82, 2.24) is 25.0 Å². The number of carbonyl (C=O) groups excluding carboxylic acids is 2. The average molecular weight is 634 g/mol. The summed E-state index contributed by atoms with van der Waals surface area (Å²) < 4.78 is 7.68. The first-order chi connectivity index (χ1) is 21.8. The number of benzene rings is 2. The number of nitrogens with zero attached hydrogens (tertiary/aromatic N) is 4. The summed E-state index contributed by atoms with van der Waals surface area (Å²) in [7, 11) is 0. The molecule has 4 atom stereocenters. The Hall–Kier alpha value is -3.89. The highest BCUT2D eigenvalue weighted by atomic mass is 35.5. The van der Waals surface area contributed by atoms with Gasteiger partial charge in [0, 0.05) is 42.7 Å². The number of fused-ring (bicyclic) bond motifs is 1. The first-order valence-corrected chi connectivity index (χ1v) is 16.3. The van der Waals surface area contributed by atoms with Crippen LogP contribution < -0.4 is 10.1 Å². The zero-order valence-electron chi connectivity index (χ0n) is 25.2. The van der Waals surface area contributed by atoms with Gasteiger partial charge in [0.2, 0.25) is 5.91 Å². The molecule has 3 aromatic rings. The third kappa shape index (κ3) is 7.50. The fourth-order valence-electron chi connectivity index (χ4n) is 7.25. The number of aliphatic hydroxyl groups excluding tert-OH is 1. The lowest BCUT2D eigenvalue weighted by atomic mass is 9.72. The van der Waals surface area contributed by atoms with Crippen molar-refractivity contribution in [3.05, 3.63) is 83.1 Å². The Balaban J connectivity index is 1.21. The Bertz CT molecular complexity index is 1510. The Morgan fingerprint density at radius 1 is 1.04 bits per heavy atom. The summed E-state index contributed by atoms with van der Waals surface area (Å²) in [6, 6.07) is 10.7. The quantitative estimate of drug-likeness (QED) is 0.325. The summed E-state index contributed by atoms with van der Waals surface area (Å²) in [4.78, 5) is 33.9. The van der Waals surface area contributed by atoms with E-state index in [0.29, 0.717) is 41.4 Å². The van der Waals surface area contributed by atoms with Crippen molar-refractivity contribution in [2.24, 2.45) is 17.8 Å². The first kappa shape index (κ1) is 31.1. The normalized spacial score (nSPS) is 22.8. The van der Waals surface area contributed by atoms with Crippen molar-refractivity contribution < 1.29 is 24.5 Å². The van der Waals surface area contributed by atoms with Crippen LogP contribution in [0.15, 0.2) is 67.0 Å². The van der Waals surface area contributed by atoms with E-state index in [-0.39, 0.29) is 29.6 Å². The van der Waals surface area contributed by atoms with E-state index in [4.69, 9.17) is 16.3 Å². The molecule has 1 aromatic heterocycles. The minimum atomic E-state index is -1.09. The Kier molecular flexibility index (Phi) is 9.70. The fourth-order valence-corrected chi connectivity index (χ4v) is 7.38. The molecule has 2 aromatic carbocycles. The predicted molar refractivity (Wildman–Crippen MR) is 168 cm³/mol. The van der Waals surface area contributed by atoms with E-state index < -0.39 is 18.1 Å². The van der Waals surface area contributed by atoms with E-state index in [9.17, 15) is 19.8 Å². The lowest BCUT2D eigenvalue weighted by Crippen LogP contribution is -2.50. The van der Waals surface area contributed by atoms with Crippen molar-refractivity contribution in [3.8, 4) is 11.5 Å². The molecule has 1 saturated heterocycles. The van der Waals surface area contributed by atoms with Crippen LogP contribution in [0, 0.1) is 17.8 Å². The molecule has 6 rings (SSSR count). The molecule has 11 heteroatoms. The molecule has 0 spiro atoms. The first-order valence-electron chi connectivity index (χ1n) is 15.9. The summed E-state index contributed by atoms with van der Waals surface area (Å²) in [6.45, 7) is 1.98. The molecule has 3 N–H and O–H groups in total. The van der Waals surface area contributed by atoms with Crippen LogP contribution >= 0.6 is 11.6 Å². The van der Waals surface area contributed by atoms with Crippen LogP contribution in [0.3, 0.4) is 0 Å². The van der Waals surface area contributed by atoms with Crippen LogP contribution in [0.4, 0.5) is 0 Å². The summed E-state index contributed by atoms with van der Waals surface area (Å²) in [5.74, 6) is 0.729. The Morgan fingerprint density at radius 2 is 1.82 bits per heavy atom. The molecule has 10 nitrogen and oxygen atoms in total. The molecule has 45 heavy (non-hydrogen) atoms. The molecule has 1 saturated carbocycles. The van der Waals surface area contributed by atoms with E-state index in [0.717, 1.165) is 24.9 Å². The second-order valence-electron chi connectivity index (χ2n) is 12.5. The second kappa shape index (κ2) is 14.0. The number of phenolic OH excluding ortho intramolecular Hbond substituents is 1. The van der Waals surface area contributed by atoms with E-state index in [2.05, 4.69) is 15.4 Å². The van der Waals surface area contributed by atoms with Crippen molar-refractivity contribution in [3.63, 3.8) is 0 Å². The molecule has 3 unspecified atom stereocenters. The highest BCUT2D eigenvalue weighted by Gasteiger charge is 2.37. The van der Waals surface area contributed by atoms with Gasteiger partial charge in [-0.05, 0) is 66.5 Å². The lowest BCUT2D eigenvalue weighted by molar-refractivity contribution is -0.136. The molecule has 238 valence electrons. The number of nitrogens with one attached hydrogen (secondary N) is 1. The number of hydrogen-bond acceptors (Lipinski definition) is 7. The van der Waals surface area contributed by atoms with Crippen LogP contribution in [-0.4, -0.2) is 60.8 Å². The monoisotopic (exact) mass is 633 g/mol. The molecular weight excluding hydrogens is 594 g/mol. The molecular formula is C34H40ClN5O5. The molecule has 2 amide bonds. The van der Waals surface area contributed by atoms with Crippen molar-refractivity contribution in [1.29, 1.82) is 0 Å². The zero-order chi connectivity index (χ0) is 31.3.